The lowest BCUT2D eigenvalue weighted by atomic mass is 10.3. The molecule has 3 nitrogen and oxygen atoms in total. The van der Waals surface area contributed by atoms with Gasteiger partial charge in [0.2, 0.25) is 0 Å². The molecule has 1 aromatic rings. The van der Waals surface area contributed by atoms with Crippen molar-refractivity contribution in [1.29, 1.82) is 0 Å². The first-order chi connectivity index (χ1) is 4.88. The Morgan fingerprint density at radius 1 is 1.70 bits per heavy atom. The molecule has 0 saturated heterocycles. The fraction of sp³-hybridized carbons (Fsp3) is 0.571. The number of aromatic nitrogens is 2. The standard InChI is InChI=1S/C7H13N3/c1-2-10-7(3-5-8)4-6-9-10/h4,6H,2-3,5,8H2,1H3. The van der Waals surface area contributed by atoms with Crippen LogP contribution in [0.3, 0.4) is 0 Å². The van der Waals surface area contributed by atoms with Crippen LogP contribution >= 0.6 is 0 Å². The van der Waals surface area contributed by atoms with Crippen LogP contribution in [-0.2, 0) is 13.0 Å². The molecule has 0 aliphatic carbocycles. The van der Waals surface area contributed by atoms with Gasteiger partial charge in [0.25, 0.3) is 0 Å². The molecular formula is C7H13N3. The summed E-state index contributed by atoms with van der Waals surface area (Å²) in [5.74, 6) is 0. The largest absolute Gasteiger partial charge is 0.330 e. The summed E-state index contributed by atoms with van der Waals surface area (Å²) < 4.78 is 1.97. The molecule has 0 aliphatic heterocycles. The van der Waals surface area contributed by atoms with Crippen LogP contribution in [0, 0.1) is 0 Å². The SMILES string of the molecule is CCn1nccc1CCN. The highest BCUT2D eigenvalue weighted by atomic mass is 15.3. The van der Waals surface area contributed by atoms with Crippen LogP contribution in [0.4, 0.5) is 0 Å². The highest BCUT2D eigenvalue weighted by molar-refractivity contribution is 5.00. The Bertz CT molecular complexity index is 192. The van der Waals surface area contributed by atoms with Crippen LogP contribution in [-0.4, -0.2) is 16.3 Å². The first kappa shape index (κ1) is 7.28. The van der Waals surface area contributed by atoms with Gasteiger partial charge in [-0.15, -0.1) is 0 Å². The van der Waals surface area contributed by atoms with E-state index in [2.05, 4.69) is 12.0 Å². The molecule has 1 rings (SSSR count). The smallest absolute Gasteiger partial charge is 0.0492 e. The molecule has 1 heterocycles. The predicted molar refractivity (Wildman–Crippen MR) is 40.7 cm³/mol. The van der Waals surface area contributed by atoms with Gasteiger partial charge in [-0.3, -0.25) is 4.68 Å². The Morgan fingerprint density at radius 3 is 3.10 bits per heavy atom. The molecule has 0 aromatic carbocycles. The lowest BCUT2D eigenvalue weighted by Crippen LogP contribution is -2.08. The van der Waals surface area contributed by atoms with Crippen molar-refractivity contribution in [3.8, 4) is 0 Å². The molecule has 0 fully saturated rings. The van der Waals surface area contributed by atoms with Gasteiger partial charge in [-0.05, 0) is 19.5 Å². The van der Waals surface area contributed by atoms with Crippen LogP contribution in [0.15, 0.2) is 12.3 Å². The minimum absolute atomic E-state index is 0.700. The molecule has 0 unspecified atom stereocenters. The second-order valence-electron chi connectivity index (χ2n) is 2.18. The predicted octanol–water partition coefficient (Wildman–Crippen LogP) is 0.404. The molecule has 10 heavy (non-hydrogen) atoms. The quantitative estimate of drug-likeness (QED) is 0.659. The van der Waals surface area contributed by atoms with Crippen molar-refractivity contribution < 1.29 is 0 Å². The third-order valence-electron chi connectivity index (χ3n) is 1.50. The van der Waals surface area contributed by atoms with E-state index >= 15 is 0 Å². The number of rotatable bonds is 3. The van der Waals surface area contributed by atoms with E-state index in [0.717, 1.165) is 13.0 Å². The Kier molecular flexibility index (Phi) is 2.45. The van der Waals surface area contributed by atoms with Crippen LogP contribution in [0.2, 0.25) is 0 Å². The average molecular weight is 139 g/mol. The molecule has 1 aromatic heterocycles. The summed E-state index contributed by atoms with van der Waals surface area (Å²) in [5.41, 5.74) is 6.63. The van der Waals surface area contributed by atoms with Crippen molar-refractivity contribution in [1.82, 2.24) is 9.78 Å². The highest BCUT2D eigenvalue weighted by Crippen LogP contribution is 1.97. The van der Waals surface area contributed by atoms with E-state index in [9.17, 15) is 0 Å². The van der Waals surface area contributed by atoms with Crippen LogP contribution < -0.4 is 5.73 Å². The van der Waals surface area contributed by atoms with Crippen LogP contribution in [0.5, 0.6) is 0 Å². The summed E-state index contributed by atoms with van der Waals surface area (Å²) in [6.07, 6.45) is 2.74. The summed E-state index contributed by atoms with van der Waals surface area (Å²) in [4.78, 5) is 0. The summed E-state index contributed by atoms with van der Waals surface area (Å²) in [5, 5.41) is 4.11. The van der Waals surface area contributed by atoms with Gasteiger partial charge < -0.3 is 5.73 Å². The van der Waals surface area contributed by atoms with E-state index in [0.29, 0.717) is 6.54 Å². The van der Waals surface area contributed by atoms with E-state index in [-0.39, 0.29) is 0 Å². The highest BCUT2D eigenvalue weighted by Gasteiger charge is 1.96. The van der Waals surface area contributed by atoms with Gasteiger partial charge in [0.05, 0.1) is 0 Å². The molecule has 0 radical (unpaired) electrons. The molecule has 3 heteroatoms. The number of hydrogen-bond donors (Lipinski definition) is 1. The molecule has 0 spiro atoms. The number of nitrogens with two attached hydrogens (primary N) is 1. The van der Waals surface area contributed by atoms with E-state index in [1.165, 1.54) is 5.69 Å². The average Bonchev–Trinajstić information content (AvgIpc) is 2.36. The summed E-state index contributed by atoms with van der Waals surface area (Å²) in [6.45, 7) is 3.71. The number of nitrogens with zero attached hydrogens (tertiary/aromatic N) is 2. The topological polar surface area (TPSA) is 43.8 Å². The summed E-state index contributed by atoms with van der Waals surface area (Å²) in [6, 6.07) is 2.01. The molecule has 56 valence electrons. The molecule has 0 atom stereocenters. The maximum absolute atomic E-state index is 5.40. The third-order valence-corrected chi connectivity index (χ3v) is 1.50. The molecule has 0 aliphatic rings. The van der Waals surface area contributed by atoms with Gasteiger partial charge in [0.15, 0.2) is 0 Å². The van der Waals surface area contributed by atoms with E-state index in [4.69, 9.17) is 5.73 Å². The molecule has 0 amide bonds. The minimum Gasteiger partial charge on any atom is -0.330 e. The fourth-order valence-electron chi connectivity index (χ4n) is 1.01. The van der Waals surface area contributed by atoms with Crippen molar-refractivity contribution >= 4 is 0 Å². The second kappa shape index (κ2) is 3.37. The fourth-order valence-corrected chi connectivity index (χ4v) is 1.01. The van der Waals surface area contributed by atoms with Gasteiger partial charge >= 0.3 is 0 Å². The number of aryl methyl sites for hydroxylation is 1. The third kappa shape index (κ3) is 1.36. The monoisotopic (exact) mass is 139 g/mol. The first-order valence-electron chi connectivity index (χ1n) is 3.59. The number of hydrogen-bond acceptors (Lipinski definition) is 2. The van der Waals surface area contributed by atoms with Gasteiger partial charge in [0, 0.05) is 24.9 Å². The Morgan fingerprint density at radius 2 is 2.50 bits per heavy atom. The lowest BCUT2D eigenvalue weighted by Gasteiger charge is -2.00. The van der Waals surface area contributed by atoms with Crippen LogP contribution in [0.1, 0.15) is 12.6 Å². The molecule has 2 N–H and O–H groups in total. The molecule has 0 bridgehead atoms. The van der Waals surface area contributed by atoms with Crippen molar-refractivity contribution in [2.24, 2.45) is 5.73 Å². The maximum Gasteiger partial charge on any atom is 0.0492 e. The van der Waals surface area contributed by atoms with Gasteiger partial charge in [-0.1, -0.05) is 0 Å². The Balaban J connectivity index is 2.70. The zero-order valence-corrected chi connectivity index (χ0v) is 6.25. The van der Waals surface area contributed by atoms with Crippen LogP contribution in [0.25, 0.3) is 0 Å². The molecular weight excluding hydrogens is 126 g/mol. The summed E-state index contributed by atoms with van der Waals surface area (Å²) >= 11 is 0. The van der Waals surface area contributed by atoms with Crippen molar-refractivity contribution in [3.05, 3.63) is 18.0 Å². The van der Waals surface area contributed by atoms with Gasteiger partial charge in [-0.25, -0.2) is 0 Å². The Hall–Kier alpha value is -0.830. The minimum atomic E-state index is 0.700. The van der Waals surface area contributed by atoms with E-state index in [1.807, 2.05) is 16.9 Å². The van der Waals surface area contributed by atoms with E-state index < -0.39 is 0 Å². The Labute approximate surface area is 60.8 Å². The van der Waals surface area contributed by atoms with Gasteiger partial charge in [-0.2, -0.15) is 5.10 Å². The first-order valence-corrected chi connectivity index (χ1v) is 3.59. The molecule has 0 saturated carbocycles. The summed E-state index contributed by atoms with van der Waals surface area (Å²) in [7, 11) is 0. The lowest BCUT2D eigenvalue weighted by molar-refractivity contribution is 0.620. The van der Waals surface area contributed by atoms with Crippen molar-refractivity contribution in [2.75, 3.05) is 6.54 Å². The zero-order valence-electron chi connectivity index (χ0n) is 6.25. The normalized spacial score (nSPS) is 10.2. The van der Waals surface area contributed by atoms with E-state index in [1.54, 1.807) is 0 Å². The zero-order chi connectivity index (χ0) is 7.40. The van der Waals surface area contributed by atoms with Crippen molar-refractivity contribution in [3.63, 3.8) is 0 Å². The maximum atomic E-state index is 5.40. The van der Waals surface area contributed by atoms with Crippen molar-refractivity contribution in [2.45, 2.75) is 19.9 Å². The van der Waals surface area contributed by atoms with Gasteiger partial charge in [0.1, 0.15) is 0 Å². The second-order valence-corrected chi connectivity index (χ2v) is 2.18.